The SMILES string of the molecule is C=CCCCCCCCCCCCCCCCCCCCCCCCCCCCCCCCCCCCCCCCCCCCCCCCCCCCCCCCCCCC(C=C)CCCCCCCCCCCCCCCCCCCCCCCCCCCCCCCCCCCCCCCCCCCCCCCC. The van der Waals surface area contributed by atoms with Crippen molar-refractivity contribution in [2.24, 2.45) is 5.92 Å². The highest BCUT2D eigenvalue weighted by Crippen LogP contribution is 2.26. The average molecular weight is 1550 g/mol. The molecule has 111 heavy (non-hydrogen) atoms. The molecule has 0 aromatic heterocycles. The van der Waals surface area contributed by atoms with E-state index in [1.54, 1.807) is 0 Å². The van der Waals surface area contributed by atoms with Gasteiger partial charge in [0.05, 0.1) is 0 Å². The maximum absolute atomic E-state index is 4.23. The predicted octanol–water partition coefficient (Wildman–Crippen LogP) is 43.0. The van der Waals surface area contributed by atoms with Gasteiger partial charge in [-0.25, -0.2) is 0 Å². The number of rotatable bonds is 107. The van der Waals surface area contributed by atoms with Crippen molar-refractivity contribution in [3.05, 3.63) is 25.3 Å². The first kappa shape index (κ1) is 110. The molecule has 1 atom stereocenters. The van der Waals surface area contributed by atoms with Crippen LogP contribution in [0.25, 0.3) is 0 Å². The van der Waals surface area contributed by atoms with Crippen molar-refractivity contribution in [1.82, 2.24) is 0 Å². The molecule has 0 aliphatic rings. The van der Waals surface area contributed by atoms with Gasteiger partial charge in [0, 0.05) is 0 Å². The molecule has 0 aromatic carbocycles. The lowest BCUT2D eigenvalue weighted by molar-refractivity contribution is 0.461. The molecule has 0 bridgehead atoms. The second kappa shape index (κ2) is 107. The summed E-state index contributed by atoms with van der Waals surface area (Å²) in [6.45, 7) is 10.4. The molecular weight excluding hydrogens is 1330 g/mol. The molecule has 0 saturated carbocycles. The van der Waals surface area contributed by atoms with Crippen molar-refractivity contribution < 1.29 is 0 Å². The summed E-state index contributed by atoms with van der Waals surface area (Å²) in [4.78, 5) is 0. The molecule has 0 heteroatoms. The highest BCUT2D eigenvalue weighted by Gasteiger charge is 2.07. The standard InChI is InChI=1S/C111H220/c1-4-7-9-11-13-15-17-19-21-23-25-27-29-31-33-35-37-39-41-43-45-47-49-51-53-54-55-56-57-58-59-60-61-62-63-64-66-68-70-72-74-76-78-80-82-84-86-88-90-92-94-96-98-100-102-104-106-108-110-111(6-3)109-107-105-103-101-99-97-95-93-91-89-87-85-83-81-79-77-75-73-71-69-67-65-52-50-48-46-44-42-40-38-36-34-32-30-28-26-24-22-20-18-16-14-12-10-8-5-2/h4,6,111H,1,3,5,7-110H2,2H3. The number of allylic oxidation sites excluding steroid dienone is 2. The van der Waals surface area contributed by atoms with Crippen molar-refractivity contribution >= 4 is 0 Å². The fourth-order valence-electron chi connectivity index (χ4n) is 18.9. The Morgan fingerprint density at radius 2 is 0.216 bits per heavy atom. The van der Waals surface area contributed by atoms with Crippen molar-refractivity contribution in [1.29, 1.82) is 0 Å². The number of hydrogen-bond acceptors (Lipinski definition) is 0. The van der Waals surface area contributed by atoms with E-state index in [-0.39, 0.29) is 0 Å². The van der Waals surface area contributed by atoms with Crippen LogP contribution in [-0.4, -0.2) is 0 Å². The van der Waals surface area contributed by atoms with Gasteiger partial charge in [-0.15, -0.1) is 13.2 Å². The fraction of sp³-hybridized carbons (Fsp3) is 0.964. The summed E-state index contributed by atoms with van der Waals surface area (Å²) >= 11 is 0. The van der Waals surface area contributed by atoms with Crippen LogP contribution in [0.3, 0.4) is 0 Å². The van der Waals surface area contributed by atoms with Crippen LogP contribution in [-0.2, 0) is 0 Å². The Morgan fingerprint density at radius 1 is 0.126 bits per heavy atom. The van der Waals surface area contributed by atoms with Gasteiger partial charge in [0.15, 0.2) is 0 Å². The van der Waals surface area contributed by atoms with Crippen LogP contribution in [0.2, 0.25) is 0 Å². The summed E-state index contributed by atoms with van der Waals surface area (Å²) in [5, 5.41) is 0. The molecule has 0 aliphatic carbocycles. The van der Waals surface area contributed by atoms with Gasteiger partial charge in [-0.05, 0) is 31.6 Å². The molecule has 0 fully saturated rings. The smallest absolute Gasteiger partial charge is 0.0236 e. The molecule has 0 N–H and O–H groups in total. The minimum absolute atomic E-state index is 0.772. The number of hydrogen-bond donors (Lipinski definition) is 0. The van der Waals surface area contributed by atoms with Crippen LogP contribution in [0.5, 0.6) is 0 Å². The molecule has 0 amide bonds. The van der Waals surface area contributed by atoms with Gasteiger partial charge in [0.25, 0.3) is 0 Å². The maximum Gasteiger partial charge on any atom is -0.0236 e. The predicted molar refractivity (Wildman–Crippen MR) is 514 cm³/mol. The molecule has 0 heterocycles. The zero-order valence-electron chi connectivity index (χ0n) is 78.4. The van der Waals surface area contributed by atoms with Gasteiger partial charge in [0.1, 0.15) is 0 Å². The zero-order valence-corrected chi connectivity index (χ0v) is 78.4. The summed E-state index contributed by atoms with van der Waals surface area (Å²) < 4.78 is 0. The van der Waals surface area contributed by atoms with Crippen molar-refractivity contribution in [2.45, 2.75) is 681 Å². The van der Waals surface area contributed by atoms with Gasteiger partial charge in [-0.1, -0.05) is 668 Å². The van der Waals surface area contributed by atoms with Crippen LogP contribution in [0.1, 0.15) is 681 Å². The number of unbranched alkanes of at least 4 members (excludes halogenated alkanes) is 101. The van der Waals surface area contributed by atoms with Gasteiger partial charge >= 0.3 is 0 Å². The molecule has 0 aliphatic heterocycles. The van der Waals surface area contributed by atoms with Crippen molar-refractivity contribution in [3.8, 4) is 0 Å². The molecule has 0 radical (unpaired) electrons. The first-order chi connectivity index (χ1) is 55.3. The summed E-state index contributed by atoms with van der Waals surface area (Å²) in [6.07, 6.45) is 160. The Balaban J connectivity index is 3.18. The lowest BCUT2D eigenvalue weighted by Gasteiger charge is -2.12. The highest BCUT2D eigenvalue weighted by molar-refractivity contribution is 4.79. The van der Waals surface area contributed by atoms with Crippen LogP contribution < -0.4 is 0 Å². The highest BCUT2D eigenvalue weighted by atomic mass is 14.1. The minimum Gasteiger partial charge on any atom is -0.103 e. The van der Waals surface area contributed by atoms with E-state index in [4.69, 9.17) is 0 Å². The van der Waals surface area contributed by atoms with Gasteiger partial charge < -0.3 is 0 Å². The molecule has 1 unspecified atom stereocenters. The largest absolute Gasteiger partial charge is 0.103 e. The van der Waals surface area contributed by atoms with E-state index in [1.807, 2.05) is 0 Å². The Labute approximate surface area is 708 Å². The third kappa shape index (κ3) is 106. The second-order valence-electron chi connectivity index (χ2n) is 38.4. The molecule has 664 valence electrons. The van der Waals surface area contributed by atoms with Crippen LogP contribution in [0, 0.1) is 5.92 Å². The molecular formula is C111H220. The first-order valence-corrected chi connectivity index (χ1v) is 54.6. The fourth-order valence-corrected chi connectivity index (χ4v) is 18.9. The van der Waals surface area contributed by atoms with E-state index in [0.717, 1.165) is 5.92 Å². The van der Waals surface area contributed by atoms with Crippen molar-refractivity contribution in [2.75, 3.05) is 0 Å². The summed E-state index contributed by atoms with van der Waals surface area (Å²) in [7, 11) is 0. The monoisotopic (exact) mass is 1550 g/mol. The summed E-state index contributed by atoms with van der Waals surface area (Å²) in [6, 6.07) is 0. The third-order valence-electron chi connectivity index (χ3n) is 27.0. The Morgan fingerprint density at radius 3 is 0.306 bits per heavy atom. The zero-order chi connectivity index (χ0) is 79.2. The Kier molecular flexibility index (Phi) is 107. The molecule has 0 aromatic rings. The van der Waals surface area contributed by atoms with Crippen LogP contribution in [0.15, 0.2) is 25.3 Å². The summed E-state index contributed by atoms with van der Waals surface area (Å²) in [5.41, 5.74) is 0. The topological polar surface area (TPSA) is 0 Å². The third-order valence-corrected chi connectivity index (χ3v) is 27.0. The van der Waals surface area contributed by atoms with E-state index in [2.05, 4.69) is 32.2 Å². The minimum atomic E-state index is 0.772. The first-order valence-electron chi connectivity index (χ1n) is 54.6. The van der Waals surface area contributed by atoms with E-state index in [9.17, 15) is 0 Å². The van der Waals surface area contributed by atoms with E-state index in [1.165, 1.54) is 674 Å². The van der Waals surface area contributed by atoms with Crippen LogP contribution in [0.4, 0.5) is 0 Å². The van der Waals surface area contributed by atoms with Crippen LogP contribution >= 0.6 is 0 Å². The van der Waals surface area contributed by atoms with E-state index < -0.39 is 0 Å². The molecule has 0 spiro atoms. The lowest BCUT2D eigenvalue weighted by Crippen LogP contribution is -1.97. The van der Waals surface area contributed by atoms with Gasteiger partial charge in [0.2, 0.25) is 0 Å². The molecule has 0 saturated heterocycles. The average Bonchev–Trinajstić information content (AvgIpc) is 1.82. The normalized spacial score (nSPS) is 12.0. The Bertz CT molecular complexity index is 1550. The van der Waals surface area contributed by atoms with E-state index in [0.29, 0.717) is 0 Å². The summed E-state index contributed by atoms with van der Waals surface area (Å²) in [5.74, 6) is 0.772. The van der Waals surface area contributed by atoms with E-state index >= 15 is 0 Å². The molecule has 0 rings (SSSR count). The Hall–Kier alpha value is -0.520. The maximum atomic E-state index is 4.23. The second-order valence-corrected chi connectivity index (χ2v) is 38.4. The van der Waals surface area contributed by atoms with Gasteiger partial charge in [-0.3, -0.25) is 0 Å². The lowest BCUT2D eigenvalue weighted by atomic mass is 9.94. The van der Waals surface area contributed by atoms with Gasteiger partial charge in [-0.2, -0.15) is 0 Å². The quantitative estimate of drug-likeness (QED) is 0.0421. The molecule has 0 nitrogen and oxygen atoms in total. The van der Waals surface area contributed by atoms with Crippen molar-refractivity contribution in [3.63, 3.8) is 0 Å².